The monoisotopic (exact) mass is 531 g/mol. The summed E-state index contributed by atoms with van der Waals surface area (Å²) in [5.74, 6) is 0. The van der Waals surface area contributed by atoms with Crippen LogP contribution in [0.15, 0.2) is 140 Å². The summed E-state index contributed by atoms with van der Waals surface area (Å²) in [5, 5.41) is 2.67. The molecule has 0 aliphatic heterocycles. The highest BCUT2D eigenvalue weighted by Gasteiger charge is 2.14. The number of nitrogens with zero attached hydrogens (tertiary/aromatic N) is 1. The molecular weight excluding hydrogens is 502 g/mol. The van der Waals surface area contributed by atoms with Crippen molar-refractivity contribution in [2.24, 2.45) is 0 Å². The Balaban J connectivity index is 1.27. The van der Waals surface area contributed by atoms with Crippen LogP contribution in [-0.4, -0.2) is 0 Å². The average Bonchev–Trinajstić information content (AvgIpc) is 3.36. The van der Waals surface area contributed by atoms with E-state index in [1.807, 2.05) is 11.3 Å². The molecule has 40 heavy (non-hydrogen) atoms. The molecule has 192 valence electrons. The lowest BCUT2D eigenvalue weighted by Gasteiger charge is -2.26. The molecule has 2 heteroatoms. The number of hydrogen-bond donors (Lipinski definition) is 0. The van der Waals surface area contributed by atoms with Crippen LogP contribution in [0.1, 0.15) is 11.1 Å². The summed E-state index contributed by atoms with van der Waals surface area (Å²) in [7, 11) is 0. The summed E-state index contributed by atoms with van der Waals surface area (Å²) >= 11 is 1.87. The summed E-state index contributed by atoms with van der Waals surface area (Å²) < 4.78 is 2.67. The van der Waals surface area contributed by atoms with Crippen LogP contribution < -0.4 is 4.90 Å². The van der Waals surface area contributed by atoms with Gasteiger partial charge in [-0.2, -0.15) is 0 Å². The van der Waals surface area contributed by atoms with Crippen molar-refractivity contribution < 1.29 is 0 Å². The lowest BCUT2D eigenvalue weighted by molar-refractivity contribution is 1.25. The minimum absolute atomic E-state index is 1.14. The zero-order valence-corrected chi connectivity index (χ0v) is 23.5. The normalized spacial score (nSPS) is 11.2. The average molecular weight is 532 g/mol. The molecule has 0 saturated carbocycles. The number of benzene rings is 6. The topological polar surface area (TPSA) is 3.24 Å². The van der Waals surface area contributed by atoms with E-state index < -0.39 is 0 Å². The largest absolute Gasteiger partial charge is 0.310 e. The minimum Gasteiger partial charge on any atom is -0.310 e. The molecular formula is C38H29NS. The van der Waals surface area contributed by atoms with Crippen LogP contribution in [0, 0.1) is 13.8 Å². The van der Waals surface area contributed by atoms with Gasteiger partial charge in [0.1, 0.15) is 0 Å². The minimum atomic E-state index is 1.14. The van der Waals surface area contributed by atoms with Gasteiger partial charge in [0.15, 0.2) is 0 Å². The molecule has 0 saturated heterocycles. The van der Waals surface area contributed by atoms with Crippen LogP contribution in [0.4, 0.5) is 17.1 Å². The van der Waals surface area contributed by atoms with Gasteiger partial charge in [-0.3, -0.25) is 0 Å². The maximum absolute atomic E-state index is 2.35. The van der Waals surface area contributed by atoms with Gasteiger partial charge in [-0.25, -0.2) is 0 Å². The summed E-state index contributed by atoms with van der Waals surface area (Å²) in [4.78, 5) is 2.35. The second-order valence-corrected chi connectivity index (χ2v) is 11.5. The van der Waals surface area contributed by atoms with Gasteiger partial charge in [0, 0.05) is 37.2 Å². The Bertz CT molecular complexity index is 1930. The number of rotatable bonds is 5. The number of aryl methyl sites for hydroxylation is 2. The Morgan fingerprint density at radius 1 is 0.400 bits per heavy atom. The highest BCUT2D eigenvalue weighted by Crippen LogP contribution is 2.39. The van der Waals surface area contributed by atoms with Gasteiger partial charge in [0.05, 0.1) is 0 Å². The standard InChI is InChI=1S/C38H29NS/c1-26-22-27(2)24-34(23-26)39(32-17-12-29(13-18-32)28-8-4-3-5-9-28)33-19-14-30(15-20-33)31-16-21-36-35-10-6-7-11-37(35)40-38(36)25-31/h3-25H,1-2H3. The van der Waals surface area contributed by atoms with Crippen LogP contribution in [-0.2, 0) is 0 Å². The molecule has 0 amide bonds. The SMILES string of the molecule is Cc1cc(C)cc(N(c2ccc(-c3ccccc3)cc2)c2ccc(-c3ccc4c(c3)sc3ccccc34)cc2)c1. The first-order chi connectivity index (χ1) is 19.6. The van der Waals surface area contributed by atoms with Crippen molar-refractivity contribution in [3.05, 3.63) is 151 Å². The van der Waals surface area contributed by atoms with Gasteiger partial charge < -0.3 is 4.90 Å². The van der Waals surface area contributed by atoms with E-state index in [4.69, 9.17) is 0 Å². The Kier molecular flexibility index (Phi) is 6.18. The van der Waals surface area contributed by atoms with E-state index in [1.165, 1.54) is 59.2 Å². The zero-order valence-electron chi connectivity index (χ0n) is 22.6. The zero-order chi connectivity index (χ0) is 27.1. The quantitative estimate of drug-likeness (QED) is 0.213. The third kappa shape index (κ3) is 4.57. The van der Waals surface area contributed by atoms with E-state index in [9.17, 15) is 0 Å². The number of anilines is 3. The lowest BCUT2D eigenvalue weighted by Crippen LogP contribution is -2.10. The second-order valence-electron chi connectivity index (χ2n) is 10.5. The lowest BCUT2D eigenvalue weighted by atomic mass is 10.0. The predicted molar refractivity (Wildman–Crippen MR) is 174 cm³/mol. The molecule has 0 radical (unpaired) electrons. The van der Waals surface area contributed by atoms with Crippen LogP contribution >= 0.6 is 11.3 Å². The first-order valence-corrected chi connectivity index (χ1v) is 14.5. The van der Waals surface area contributed by atoms with Crippen LogP contribution in [0.3, 0.4) is 0 Å². The third-order valence-corrected chi connectivity index (χ3v) is 8.67. The molecule has 0 aliphatic carbocycles. The summed E-state index contributed by atoms with van der Waals surface area (Å²) in [6.07, 6.45) is 0. The van der Waals surface area contributed by atoms with Gasteiger partial charge in [-0.15, -0.1) is 11.3 Å². The van der Waals surface area contributed by atoms with Crippen molar-refractivity contribution in [2.45, 2.75) is 13.8 Å². The second kappa shape index (κ2) is 10.1. The highest BCUT2D eigenvalue weighted by atomic mass is 32.1. The maximum Gasteiger partial charge on any atom is 0.0466 e. The molecule has 6 aromatic carbocycles. The summed E-state index contributed by atoms with van der Waals surface area (Å²) in [6, 6.07) is 50.7. The van der Waals surface area contributed by atoms with E-state index in [2.05, 4.69) is 158 Å². The van der Waals surface area contributed by atoms with Gasteiger partial charge in [-0.1, -0.05) is 91.0 Å². The molecule has 0 bridgehead atoms. The number of fused-ring (bicyclic) bond motifs is 3. The molecule has 0 N–H and O–H groups in total. The molecule has 0 atom stereocenters. The van der Waals surface area contributed by atoms with Crippen molar-refractivity contribution >= 4 is 48.6 Å². The van der Waals surface area contributed by atoms with Crippen molar-refractivity contribution in [1.29, 1.82) is 0 Å². The van der Waals surface area contributed by atoms with Gasteiger partial charge in [0.2, 0.25) is 0 Å². The molecule has 1 heterocycles. The first kappa shape index (κ1) is 24.4. The molecule has 0 spiro atoms. The van der Waals surface area contributed by atoms with E-state index in [0.29, 0.717) is 0 Å². The Labute approximate surface area is 239 Å². The van der Waals surface area contributed by atoms with E-state index in [-0.39, 0.29) is 0 Å². The Hall–Kier alpha value is -4.66. The van der Waals surface area contributed by atoms with Gasteiger partial charge in [-0.05, 0) is 95.8 Å². The number of hydrogen-bond acceptors (Lipinski definition) is 2. The maximum atomic E-state index is 2.35. The van der Waals surface area contributed by atoms with E-state index in [0.717, 1.165) is 11.4 Å². The molecule has 7 aromatic rings. The number of thiophene rings is 1. The molecule has 7 rings (SSSR count). The van der Waals surface area contributed by atoms with E-state index in [1.54, 1.807) is 0 Å². The van der Waals surface area contributed by atoms with E-state index >= 15 is 0 Å². The molecule has 1 nitrogen and oxygen atoms in total. The van der Waals surface area contributed by atoms with Crippen LogP contribution in [0.25, 0.3) is 42.4 Å². The molecule has 0 aliphatic rings. The predicted octanol–water partition coefficient (Wildman–Crippen LogP) is 11.5. The van der Waals surface area contributed by atoms with Gasteiger partial charge in [0.25, 0.3) is 0 Å². The summed E-state index contributed by atoms with van der Waals surface area (Å²) in [5.41, 5.74) is 10.9. The summed E-state index contributed by atoms with van der Waals surface area (Å²) in [6.45, 7) is 4.33. The molecule has 0 fully saturated rings. The Morgan fingerprint density at radius 2 is 0.925 bits per heavy atom. The fraction of sp³-hybridized carbons (Fsp3) is 0.0526. The smallest absolute Gasteiger partial charge is 0.0466 e. The van der Waals surface area contributed by atoms with Crippen molar-refractivity contribution in [2.75, 3.05) is 4.90 Å². The molecule has 1 aromatic heterocycles. The van der Waals surface area contributed by atoms with Crippen molar-refractivity contribution in [3.63, 3.8) is 0 Å². The first-order valence-electron chi connectivity index (χ1n) is 13.7. The van der Waals surface area contributed by atoms with Crippen molar-refractivity contribution in [3.8, 4) is 22.3 Å². The third-order valence-electron chi connectivity index (χ3n) is 7.53. The van der Waals surface area contributed by atoms with Crippen LogP contribution in [0.2, 0.25) is 0 Å². The fourth-order valence-electron chi connectivity index (χ4n) is 5.67. The molecule has 0 unspecified atom stereocenters. The highest BCUT2D eigenvalue weighted by molar-refractivity contribution is 7.25. The van der Waals surface area contributed by atoms with Crippen molar-refractivity contribution in [1.82, 2.24) is 0 Å². The Morgan fingerprint density at radius 3 is 1.60 bits per heavy atom. The van der Waals surface area contributed by atoms with Gasteiger partial charge >= 0.3 is 0 Å². The van der Waals surface area contributed by atoms with Crippen LogP contribution in [0.5, 0.6) is 0 Å². The fourth-order valence-corrected chi connectivity index (χ4v) is 6.81.